The highest BCUT2D eigenvalue weighted by Crippen LogP contribution is 2.39. The van der Waals surface area contributed by atoms with E-state index in [9.17, 15) is 9.59 Å². The molecule has 1 heterocycles. The van der Waals surface area contributed by atoms with E-state index in [1.54, 1.807) is 13.8 Å². The molecule has 6 heteroatoms. The molecule has 0 aliphatic carbocycles. The van der Waals surface area contributed by atoms with Gasteiger partial charge in [0.1, 0.15) is 13.2 Å². The van der Waals surface area contributed by atoms with Crippen molar-refractivity contribution in [3.05, 3.63) is 24.3 Å². The first-order chi connectivity index (χ1) is 12.6. The second-order valence-electron chi connectivity index (χ2n) is 7.59. The van der Waals surface area contributed by atoms with Crippen LogP contribution in [0.4, 0.5) is 0 Å². The Balaban J connectivity index is 2.76. The highest BCUT2D eigenvalue weighted by molar-refractivity contribution is 5.87. The summed E-state index contributed by atoms with van der Waals surface area (Å²) in [6.07, 6.45) is 1.74. The summed E-state index contributed by atoms with van der Waals surface area (Å²) in [4.78, 5) is 23.5. The van der Waals surface area contributed by atoms with Crippen LogP contribution in [-0.2, 0) is 28.5 Å². The summed E-state index contributed by atoms with van der Waals surface area (Å²) in [5, 5.41) is 0. The number of carbonyl (C=O) groups is 2. The number of esters is 2. The molecule has 0 aromatic heterocycles. The highest BCUT2D eigenvalue weighted by atomic mass is 16.7. The van der Waals surface area contributed by atoms with Crippen LogP contribution >= 0.6 is 0 Å². The van der Waals surface area contributed by atoms with Gasteiger partial charge in [0.25, 0.3) is 0 Å². The molecule has 0 aromatic carbocycles. The maximum Gasteiger partial charge on any atom is 0.333 e. The molecule has 154 valence electrons. The SMILES string of the molecule is C=C(C)C(=O)OCC1(CC)COC(C(CC)(CC)COC(=O)C(=C)C)OC1. The lowest BCUT2D eigenvalue weighted by Gasteiger charge is -2.46. The van der Waals surface area contributed by atoms with Crippen molar-refractivity contribution in [2.45, 2.75) is 60.2 Å². The predicted octanol–water partition coefficient (Wildman–Crippen LogP) is 3.80. The van der Waals surface area contributed by atoms with E-state index >= 15 is 0 Å². The second kappa shape index (κ2) is 10.0. The fourth-order valence-electron chi connectivity index (χ4n) is 2.87. The third kappa shape index (κ3) is 5.91. The lowest BCUT2D eigenvalue weighted by atomic mass is 9.80. The van der Waals surface area contributed by atoms with E-state index in [1.165, 1.54) is 0 Å². The van der Waals surface area contributed by atoms with E-state index in [1.807, 2.05) is 20.8 Å². The Kier molecular flexibility index (Phi) is 8.69. The molecule has 1 aliphatic rings. The van der Waals surface area contributed by atoms with Crippen molar-refractivity contribution in [3.63, 3.8) is 0 Å². The Labute approximate surface area is 162 Å². The molecule has 0 saturated carbocycles. The molecule has 0 unspecified atom stereocenters. The predicted molar refractivity (Wildman–Crippen MR) is 103 cm³/mol. The lowest BCUT2D eigenvalue weighted by molar-refractivity contribution is -0.288. The maximum absolute atomic E-state index is 11.8. The first-order valence-corrected chi connectivity index (χ1v) is 9.53. The molecule has 0 aromatic rings. The van der Waals surface area contributed by atoms with Gasteiger partial charge in [-0.1, -0.05) is 33.9 Å². The third-order valence-electron chi connectivity index (χ3n) is 5.44. The van der Waals surface area contributed by atoms with Crippen LogP contribution in [-0.4, -0.2) is 44.7 Å². The van der Waals surface area contributed by atoms with Gasteiger partial charge in [0.2, 0.25) is 0 Å². The zero-order valence-electron chi connectivity index (χ0n) is 17.4. The van der Waals surface area contributed by atoms with Crippen LogP contribution in [0.5, 0.6) is 0 Å². The minimum atomic E-state index is -0.484. The van der Waals surface area contributed by atoms with Gasteiger partial charge in [-0.25, -0.2) is 9.59 Å². The van der Waals surface area contributed by atoms with Crippen molar-refractivity contribution in [1.29, 1.82) is 0 Å². The van der Waals surface area contributed by atoms with Crippen molar-refractivity contribution in [3.8, 4) is 0 Å². The van der Waals surface area contributed by atoms with E-state index in [0.717, 1.165) is 19.3 Å². The molecule has 1 aliphatic heterocycles. The van der Waals surface area contributed by atoms with Crippen LogP contribution < -0.4 is 0 Å². The van der Waals surface area contributed by atoms with E-state index in [4.69, 9.17) is 18.9 Å². The second-order valence-corrected chi connectivity index (χ2v) is 7.59. The maximum atomic E-state index is 11.8. The molecule has 0 bridgehead atoms. The van der Waals surface area contributed by atoms with E-state index in [-0.39, 0.29) is 18.6 Å². The molecule has 1 rings (SSSR count). The summed E-state index contributed by atoms with van der Waals surface area (Å²) in [5.74, 6) is -0.820. The molecule has 1 saturated heterocycles. The van der Waals surface area contributed by atoms with Crippen molar-refractivity contribution >= 4 is 11.9 Å². The van der Waals surface area contributed by atoms with E-state index in [0.29, 0.717) is 24.4 Å². The van der Waals surface area contributed by atoms with Crippen LogP contribution in [0.25, 0.3) is 0 Å². The zero-order valence-corrected chi connectivity index (χ0v) is 17.4. The molecular formula is C21H34O6. The normalized spacial score (nSPS) is 22.8. The van der Waals surface area contributed by atoms with Crippen molar-refractivity contribution in [1.82, 2.24) is 0 Å². The molecule has 0 atom stereocenters. The number of ether oxygens (including phenoxy) is 4. The van der Waals surface area contributed by atoms with Crippen LogP contribution in [0.2, 0.25) is 0 Å². The Morgan fingerprint density at radius 1 is 1.00 bits per heavy atom. The molecule has 0 spiro atoms. The van der Waals surface area contributed by atoms with Gasteiger partial charge in [0.15, 0.2) is 6.29 Å². The summed E-state index contributed by atoms with van der Waals surface area (Å²) >= 11 is 0. The first kappa shape index (κ1) is 23.4. The van der Waals surface area contributed by atoms with Gasteiger partial charge in [-0.2, -0.15) is 0 Å². The quantitative estimate of drug-likeness (QED) is 0.423. The Bertz CT molecular complexity index is 553. The van der Waals surface area contributed by atoms with Crippen LogP contribution in [0.3, 0.4) is 0 Å². The third-order valence-corrected chi connectivity index (χ3v) is 5.44. The Morgan fingerprint density at radius 3 is 1.89 bits per heavy atom. The van der Waals surface area contributed by atoms with Crippen molar-refractivity contribution in [2.75, 3.05) is 26.4 Å². The lowest BCUT2D eigenvalue weighted by Crippen LogP contribution is -2.52. The Hall–Kier alpha value is -1.66. The smallest absolute Gasteiger partial charge is 0.333 e. The summed E-state index contributed by atoms with van der Waals surface area (Å²) in [7, 11) is 0. The van der Waals surface area contributed by atoms with Gasteiger partial charge in [-0.15, -0.1) is 0 Å². The van der Waals surface area contributed by atoms with Gasteiger partial charge in [-0.3, -0.25) is 0 Å². The molecule has 1 fully saturated rings. The first-order valence-electron chi connectivity index (χ1n) is 9.53. The van der Waals surface area contributed by atoms with Gasteiger partial charge in [0.05, 0.1) is 24.0 Å². The average Bonchev–Trinajstić information content (AvgIpc) is 2.67. The highest BCUT2D eigenvalue weighted by Gasteiger charge is 2.46. The molecular weight excluding hydrogens is 348 g/mol. The fraction of sp³-hybridized carbons (Fsp3) is 0.714. The topological polar surface area (TPSA) is 71.1 Å². The minimum absolute atomic E-state index is 0.208. The number of hydrogen-bond donors (Lipinski definition) is 0. The number of rotatable bonds is 10. The van der Waals surface area contributed by atoms with Crippen LogP contribution in [0.15, 0.2) is 24.3 Å². The summed E-state index contributed by atoms with van der Waals surface area (Å²) in [6.45, 7) is 17.8. The average molecular weight is 382 g/mol. The van der Waals surface area contributed by atoms with Crippen LogP contribution in [0.1, 0.15) is 53.9 Å². The fourth-order valence-corrected chi connectivity index (χ4v) is 2.87. The van der Waals surface area contributed by atoms with Crippen LogP contribution in [0, 0.1) is 10.8 Å². The van der Waals surface area contributed by atoms with Crippen molar-refractivity contribution in [2.24, 2.45) is 10.8 Å². The number of hydrogen-bond acceptors (Lipinski definition) is 6. The van der Waals surface area contributed by atoms with Crippen molar-refractivity contribution < 1.29 is 28.5 Å². The molecule has 0 radical (unpaired) electrons. The van der Waals surface area contributed by atoms with E-state index in [2.05, 4.69) is 13.2 Å². The standard InChI is InChI=1S/C21H34O6/c1-8-20(11-24-17(22)15(4)5)12-26-19(27-13-20)21(9-2,10-3)14-25-18(23)16(6)7/h19H,4,6,8-14H2,1-3,5,7H3. The molecule has 0 N–H and O–H groups in total. The number of carbonyl (C=O) groups excluding carboxylic acids is 2. The Morgan fingerprint density at radius 2 is 1.48 bits per heavy atom. The largest absolute Gasteiger partial charge is 0.462 e. The molecule has 0 amide bonds. The van der Waals surface area contributed by atoms with Gasteiger partial charge in [-0.05, 0) is 33.1 Å². The van der Waals surface area contributed by atoms with E-state index < -0.39 is 23.6 Å². The summed E-state index contributed by atoms with van der Waals surface area (Å²) < 4.78 is 22.9. The zero-order chi connectivity index (χ0) is 20.7. The monoisotopic (exact) mass is 382 g/mol. The summed E-state index contributed by atoms with van der Waals surface area (Å²) in [5.41, 5.74) is -0.0826. The summed E-state index contributed by atoms with van der Waals surface area (Å²) in [6, 6.07) is 0. The molecule has 27 heavy (non-hydrogen) atoms. The minimum Gasteiger partial charge on any atom is -0.462 e. The van der Waals surface area contributed by atoms with Gasteiger partial charge in [0, 0.05) is 11.1 Å². The van der Waals surface area contributed by atoms with Gasteiger partial charge >= 0.3 is 11.9 Å². The van der Waals surface area contributed by atoms with Gasteiger partial charge < -0.3 is 18.9 Å². The molecule has 6 nitrogen and oxygen atoms in total.